The number of carboxylic acids is 1. The molecular formula is C14H26N2O3. The van der Waals surface area contributed by atoms with Gasteiger partial charge >= 0.3 is 5.97 Å². The highest BCUT2D eigenvalue weighted by Crippen LogP contribution is 2.24. The number of hydrogen-bond acceptors (Lipinski definition) is 4. The molecule has 1 N–H and O–H groups in total. The molecule has 5 nitrogen and oxygen atoms in total. The second kappa shape index (κ2) is 6.68. The number of piperazine rings is 1. The first kappa shape index (κ1) is 14.8. The van der Waals surface area contributed by atoms with Gasteiger partial charge in [0.05, 0.1) is 12.6 Å². The Morgan fingerprint density at radius 1 is 1.32 bits per heavy atom. The summed E-state index contributed by atoms with van der Waals surface area (Å²) in [4.78, 5) is 15.2. The summed E-state index contributed by atoms with van der Waals surface area (Å²) in [7, 11) is 0. The molecule has 0 aromatic carbocycles. The topological polar surface area (TPSA) is 53.0 Å². The predicted molar refractivity (Wildman–Crippen MR) is 73.2 cm³/mol. The van der Waals surface area contributed by atoms with Crippen molar-refractivity contribution in [2.75, 3.05) is 39.3 Å². The molecule has 0 spiro atoms. The maximum absolute atomic E-state index is 10.7. The van der Waals surface area contributed by atoms with E-state index in [0.717, 1.165) is 45.6 Å². The summed E-state index contributed by atoms with van der Waals surface area (Å²) < 4.78 is 5.82. The van der Waals surface area contributed by atoms with Gasteiger partial charge in [-0.25, -0.2) is 0 Å². The summed E-state index contributed by atoms with van der Waals surface area (Å²) in [6.07, 6.45) is 2.62. The fraction of sp³-hybridized carbons (Fsp3) is 0.929. The lowest BCUT2D eigenvalue weighted by atomic mass is 9.94. The molecule has 5 heteroatoms. The first-order valence-electron chi connectivity index (χ1n) is 7.36. The van der Waals surface area contributed by atoms with Gasteiger partial charge in [-0.3, -0.25) is 14.6 Å². The minimum atomic E-state index is -0.723. The van der Waals surface area contributed by atoms with Crippen molar-refractivity contribution in [2.24, 2.45) is 5.92 Å². The number of ether oxygens (including phenoxy) is 1. The van der Waals surface area contributed by atoms with Gasteiger partial charge in [0.2, 0.25) is 0 Å². The highest BCUT2D eigenvalue weighted by Gasteiger charge is 2.30. The molecule has 0 amide bonds. The molecule has 2 aliphatic rings. The lowest BCUT2D eigenvalue weighted by Crippen LogP contribution is -2.53. The molecule has 2 saturated heterocycles. The monoisotopic (exact) mass is 270 g/mol. The largest absolute Gasteiger partial charge is 0.480 e. The number of carbonyl (C=O) groups is 1. The normalized spacial score (nSPS) is 30.7. The molecule has 0 bridgehead atoms. The maximum Gasteiger partial charge on any atom is 0.317 e. The third-order valence-electron chi connectivity index (χ3n) is 4.31. The van der Waals surface area contributed by atoms with E-state index in [2.05, 4.69) is 18.7 Å². The molecule has 2 heterocycles. The SMILES string of the molecule is CC(C)C1CC(N2CCN(CC(=O)O)CC2)CCO1. The van der Waals surface area contributed by atoms with Gasteiger partial charge in [0, 0.05) is 38.8 Å². The van der Waals surface area contributed by atoms with Gasteiger partial charge in [-0.2, -0.15) is 0 Å². The van der Waals surface area contributed by atoms with Crippen LogP contribution in [0.25, 0.3) is 0 Å². The van der Waals surface area contributed by atoms with Crippen LogP contribution < -0.4 is 0 Å². The molecular weight excluding hydrogens is 244 g/mol. The minimum absolute atomic E-state index is 0.177. The number of hydrogen-bond donors (Lipinski definition) is 1. The van der Waals surface area contributed by atoms with E-state index in [1.807, 2.05) is 4.90 Å². The molecule has 0 radical (unpaired) electrons. The fourth-order valence-corrected chi connectivity index (χ4v) is 3.08. The maximum atomic E-state index is 10.7. The lowest BCUT2D eigenvalue weighted by Gasteiger charge is -2.42. The van der Waals surface area contributed by atoms with Gasteiger partial charge < -0.3 is 9.84 Å². The summed E-state index contributed by atoms with van der Waals surface area (Å²) in [5.41, 5.74) is 0. The van der Waals surface area contributed by atoms with Crippen LogP contribution in [0.5, 0.6) is 0 Å². The summed E-state index contributed by atoms with van der Waals surface area (Å²) >= 11 is 0. The zero-order chi connectivity index (χ0) is 13.8. The predicted octanol–water partition coefficient (Wildman–Crippen LogP) is 0.892. The van der Waals surface area contributed by atoms with Crippen molar-refractivity contribution in [1.82, 2.24) is 9.80 Å². The molecule has 0 aliphatic carbocycles. The smallest absolute Gasteiger partial charge is 0.317 e. The van der Waals surface area contributed by atoms with Crippen LogP contribution in [0.15, 0.2) is 0 Å². The molecule has 2 aliphatic heterocycles. The molecule has 0 aromatic rings. The van der Waals surface area contributed by atoms with Gasteiger partial charge in [-0.1, -0.05) is 13.8 Å². The van der Waals surface area contributed by atoms with Gasteiger partial charge in [0.15, 0.2) is 0 Å². The van der Waals surface area contributed by atoms with E-state index >= 15 is 0 Å². The van der Waals surface area contributed by atoms with Crippen LogP contribution in [0.4, 0.5) is 0 Å². The second-order valence-electron chi connectivity index (χ2n) is 6.04. The van der Waals surface area contributed by atoms with E-state index in [0.29, 0.717) is 18.1 Å². The van der Waals surface area contributed by atoms with Gasteiger partial charge in [-0.05, 0) is 18.8 Å². The zero-order valence-electron chi connectivity index (χ0n) is 12.0. The Labute approximate surface area is 115 Å². The molecule has 2 fully saturated rings. The number of rotatable bonds is 4. The average molecular weight is 270 g/mol. The lowest BCUT2D eigenvalue weighted by molar-refractivity contribution is -0.139. The van der Waals surface area contributed by atoms with Crippen molar-refractivity contribution < 1.29 is 14.6 Å². The Bertz CT molecular complexity index is 301. The van der Waals surface area contributed by atoms with Crippen molar-refractivity contribution in [3.05, 3.63) is 0 Å². The average Bonchev–Trinajstić information content (AvgIpc) is 2.39. The van der Waals surface area contributed by atoms with E-state index in [-0.39, 0.29) is 6.54 Å². The van der Waals surface area contributed by atoms with Gasteiger partial charge in [-0.15, -0.1) is 0 Å². The molecule has 0 saturated carbocycles. The van der Waals surface area contributed by atoms with Crippen molar-refractivity contribution in [1.29, 1.82) is 0 Å². The first-order chi connectivity index (χ1) is 9.06. The zero-order valence-corrected chi connectivity index (χ0v) is 12.0. The minimum Gasteiger partial charge on any atom is -0.480 e. The summed E-state index contributed by atoms with van der Waals surface area (Å²) in [5.74, 6) is -0.143. The van der Waals surface area contributed by atoms with E-state index in [1.54, 1.807) is 0 Å². The van der Waals surface area contributed by atoms with E-state index < -0.39 is 5.97 Å². The summed E-state index contributed by atoms with van der Waals surface area (Å²) in [5, 5.41) is 8.80. The van der Waals surface area contributed by atoms with Gasteiger partial charge in [0.25, 0.3) is 0 Å². The van der Waals surface area contributed by atoms with E-state index in [1.165, 1.54) is 0 Å². The first-order valence-corrected chi connectivity index (χ1v) is 7.36. The fourth-order valence-electron chi connectivity index (χ4n) is 3.08. The van der Waals surface area contributed by atoms with Crippen LogP contribution in [0.1, 0.15) is 26.7 Å². The summed E-state index contributed by atoms with van der Waals surface area (Å²) in [6, 6.07) is 0.619. The number of aliphatic carboxylic acids is 1. The van der Waals surface area contributed by atoms with Gasteiger partial charge in [0.1, 0.15) is 0 Å². The van der Waals surface area contributed by atoms with Crippen LogP contribution in [0.3, 0.4) is 0 Å². The van der Waals surface area contributed by atoms with Crippen LogP contribution in [-0.4, -0.2) is 72.4 Å². The summed E-state index contributed by atoms with van der Waals surface area (Å²) in [6.45, 7) is 9.20. The Morgan fingerprint density at radius 2 is 2.00 bits per heavy atom. The van der Waals surface area contributed by atoms with Crippen molar-refractivity contribution in [2.45, 2.75) is 38.8 Å². The molecule has 0 aromatic heterocycles. The molecule has 19 heavy (non-hydrogen) atoms. The Balaban J connectivity index is 1.79. The van der Waals surface area contributed by atoms with Crippen molar-refractivity contribution in [3.63, 3.8) is 0 Å². The molecule has 2 atom stereocenters. The van der Waals surface area contributed by atoms with Crippen molar-refractivity contribution in [3.8, 4) is 0 Å². The Kier molecular flexibility index (Phi) is 5.19. The number of nitrogens with zero attached hydrogens (tertiary/aromatic N) is 2. The van der Waals surface area contributed by atoms with Crippen molar-refractivity contribution >= 4 is 5.97 Å². The van der Waals surface area contributed by atoms with Crippen LogP contribution >= 0.6 is 0 Å². The Hall–Kier alpha value is -0.650. The van der Waals surface area contributed by atoms with Crippen LogP contribution in [0, 0.1) is 5.92 Å². The molecule has 2 rings (SSSR count). The van der Waals surface area contributed by atoms with E-state index in [9.17, 15) is 4.79 Å². The van der Waals surface area contributed by atoms with Crippen LogP contribution in [-0.2, 0) is 9.53 Å². The Morgan fingerprint density at radius 3 is 2.58 bits per heavy atom. The highest BCUT2D eigenvalue weighted by molar-refractivity contribution is 5.69. The van der Waals surface area contributed by atoms with Crippen LogP contribution in [0.2, 0.25) is 0 Å². The standard InChI is InChI=1S/C14H26N2O3/c1-11(2)13-9-12(3-8-19-13)16-6-4-15(5-7-16)10-14(17)18/h11-13H,3-10H2,1-2H3,(H,17,18). The second-order valence-corrected chi connectivity index (χ2v) is 6.04. The molecule has 2 unspecified atom stereocenters. The molecule has 110 valence electrons. The number of carboxylic acid groups (broad SMARTS) is 1. The highest BCUT2D eigenvalue weighted by atomic mass is 16.5. The third-order valence-corrected chi connectivity index (χ3v) is 4.31. The quantitative estimate of drug-likeness (QED) is 0.822. The van der Waals surface area contributed by atoms with E-state index in [4.69, 9.17) is 9.84 Å². The third kappa shape index (κ3) is 4.16.